The van der Waals surface area contributed by atoms with Crippen molar-refractivity contribution in [2.24, 2.45) is 4.99 Å². The van der Waals surface area contributed by atoms with E-state index in [9.17, 15) is 0 Å². The molecule has 1 saturated carbocycles. The molecule has 1 aliphatic rings. The number of benzene rings is 1. The van der Waals surface area contributed by atoms with Crippen molar-refractivity contribution >= 4 is 29.9 Å². The zero-order valence-electron chi connectivity index (χ0n) is 12.0. The first-order valence-electron chi connectivity index (χ1n) is 6.92. The molecule has 2 aromatic rings. The van der Waals surface area contributed by atoms with Gasteiger partial charge in [0.15, 0.2) is 5.96 Å². The predicted molar refractivity (Wildman–Crippen MR) is 95.3 cm³/mol. The molecule has 112 valence electrons. The van der Waals surface area contributed by atoms with Crippen LogP contribution in [0, 0.1) is 0 Å². The molecule has 0 bridgehead atoms. The van der Waals surface area contributed by atoms with Crippen LogP contribution in [0.15, 0.2) is 47.7 Å². The number of halogens is 1. The number of aromatic nitrogens is 2. The lowest BCUT2D eigenvalue weighted by atomic mass is 10.2. The van der Waals surface area contributed by atoms with E-state index >= 15 is 0 Å². The Labute approximate surface area is 141 Å². The third-order valence-electron chi connectivity index (χ3n) is 3.33. The minimum atomic E-state index is 0. The zero-order valence-corrected chi connectivity index (χ0v) is 14.3. The van der Waals surface area contributed by atoms with Crippen LogP contribution in [0.3, 0.4) is 0 Å². The van der Waals surface area contributed by atoms with Gasteiger partial charge in [0.05, 0.1) is 5.69 Å². The van der Waals surface area contributed by atoms with Gasteiger partial charge >= 0.3 is 0 Å². The number of hydrogen-bond donors (Lipinski definition) is 2. The summed E-state index contributed by atoms with van der Waals surface area (Å²) in [5, 5.41) is 11.0. The van der Waals surface area contributed by atoms with E-state index in [-0.39, 0.29) is 24.0 Å². The maximum absolute atomic E-state index is 4.30. The second-order valence-corrected chi connectivity index (χ2v) is 4.92. The molecule has 1 aliphatic carbocycles. The molecule has 6 heteroatoms. The summed E-state index contributed by atoms with van der Waals surface area (Å²) < 4.78 is 1.88. The molecule has 3 rings (SSSR count). The summed E-state index contributed by atoms with van der Waals surface area (Å²) in [7, 11) is 1.80. The Balaban J connectivity index is 0.00000161. The quantitative estimate of drug-likeness (QED) is 0.473. The summed E-state index contributed by atoms with van der Waals surface area (Å²) in [6.07, 6.45) is 6.23. The molecule has 2 N–H and O–H groups in total. The first-order valence-corrected chi connectivity index (χ1v) is 6.92. The average Bonchev–Trinajstić information content (AvgIpc) is 3.14. The smallest absolute Gasteiger partial charge is 0.191 e. The van der Waals surface area contributed by atoms with Gasteiger partial charge in [-0.15, -0.1) is 24.0 Å². The second-order valence-electron chi connectivity index (χ2n) is 4.92. The number of hydrogen-bond acceptors (Lipinski definition) is 2. The highest BCUT2D eigenvalue weighted by Crippen LogP contribution is 2.18. The minimum Gasteiger partial charge on any atom is -0.354 e. The van der Waals surface area contributed by atoms with Crippen LogP contribution in [0.1, 0.15) is 18.4 Å². The van der Waals surface area contributed by atoms with Crippen LogP contribution in [0.5, 0.6) is 0 Å². The fraction of sp³-hybridized carbons (Fsp3) is 0.333. The number of nitrogens with zero attached hydrogens (tertiary/aromatic N) is 3. The van der Waals surface area contributed by atoms with Crippen molar-refractivity contribution in [2.45, 2.75) is 25.4 Å². The highest BCUT2D eigenvalue weighted by molar-refractivity contribution is 14.0. The SMILES string of the molecule is CN=C(NCc1ccccc1-n1cccn1)NC1CC1.I. The van der Waals surface area contributed by atoms with Gasteiger partial charge in [-0.3, -0.25) is 4.99 Å². The number of nitrogens with one attached hydrogen (secondary N) is 2. The number of para-hydroxylation sites is 1. The molecule has 0 atom stereocenters. The van der Waals surface area contributed by atoms with E-state index in [0.717, 1.165) is 18.2 Å². The van der Waals surface area contributed by atoms with Gasteiger partial charge in [-0.2, -0.15) is 5.10 Å². The van der Waals surface area contributed by atoms with E-state index in [1.165, 1.54) is 18.4 Å². The van der Waals surface area contributed by atoms with Gasteiger partial charge in [0.2, 0.25) is 0 Å². The lowest BCUT2D eigenvalue weighted by Crippen LogP contribution is -2.38. The molecule has 1 aromatic carbocycles. The summed E-state index contributed by atoms with van der Waals surface area (Å²) in [4.78, 5) is 4.25. The maximum Gasteiger partial charge on any atom is 0.191 e. The van der Waals surface area contributed by atoms with Crippen molar-refractivity contribution < 1.29 is 0 Å². The third kappa shape index (κ3) is 4.20. The molecule has 0 aliphatic heterocycles. The second kappa shape index (κ2) is 7.44. The molecule has 0 spiro atoms. The van der Waals surface area contributed by atoms with Crippen molar-refractivity contribution in [3.63, 3.8) is 0 Å². The van der Waals surface area contributed by atoms with Crippen LogP contribution in [0.25, 0.3) is 5.69 Å². The molecule has 1 heterocycles. The zero-order chi connectivity index (χ0) is 13.8. The highest BCUT2D eigenvalue weighted by atomic mass is 127. The highest BCUT2D eigenvalue weighted by Gasteiger charge is 2.22. The van der Waals surface area contributed by atoms with Gasteiger partial charge in [-0.1, -0.05) is 18.2 Å². The van der Waals surface area contributed by atoms with Crippen molar-refractivity contribution in [1.29, 1.82) is 0 Å². The number of guanidine groups is 1. The summed E-state index contributed by atoms with van der Waals surface area (Å²) in [6.45, 7) is 0.725. The summed E-state index contributed by atoms with van der Waals surface area (Å²) in [6, 6.07) is 10.8. The first kappa shape index (κ1) is 15.8. The van der Waals surface area contributed by atoms with Crippen molar-refractivity contribution in [3.8, 4) is 5.69 Å². The van der Waals surface area contributed by atoms with E-state index in [0.29, 0.717) is 6.04 Å². The molecule has 21 heavy (non-hydrogen) atoms. The lowest BCUT2D eigenvalue weighted by Gasteiger charge is -2.13. The Hall–Kier alpha value is -1.57. The average molecular weight is 397 g/mol. The monoisotopic (exact) mass is 397 g/mol. The predicted octanol–water partition coefficient (Wildman–Crippen LogP) is 2.32. The van der Waals surface area contributed by atoms with Gasteiger partial charge in [-0.25, -0.2) is 4.68 Å². The van der Waals surface area contributed by atoms with Crippen LogP contribution < -0.4 is 10.6 Å². The van der Waals surface area contributed by atoms with Gasteiger partial charge in [0.1, 0.15) is 0 Å². The van der Waals surface area contributed by atoms with E-state index in [2.05, 4.69) is 32.9 Å². The van der Waals surface area contributed by atoms with Crippen molar-refractivity contribution in [3.05, 3.63) is 48.3 Å². The van der Waals surface area contributed by atoms with Crippen LogP contribution in [0.4, 0.5) is 0 Å². The Bertz CT molecular complexity index is 590. The Morgan fingerprint density at radius 1 is 1.33 bits per heavy atom. The minimum absolute atomic E-state index is 0. The van der Waals surface area contributed by atoms with Crippen LogP contribution in [-0.2, 0) is 6.54 Å². The van der Waals surface area contributed by atoms with E-state index in [1.807, 2.05) is 29.1 Å². The molecular formula is C15H20IN5. The molecule has 5 nitrogen and oxygen atoms in total. The van der Waals surface area contributed by atoms with Crippen LogP contribution in [-0.4, -0.2) is 28.8 Å². The molecule has 0 amide bonds. The molecule has 0 unspecified atom stereocenters. The molecule has 0 radical (unpaired) electrons. The van der Waals surface area contributed by atoms with E-state index < -0.39 is 0 Å². The standard InChI is InChI=1S/C15H19N5.HI/c1-16-15(19-13-7-8-13)17-11-12-5-2-3-6-14(12)20-10-4-9-18-20;/h2-6,9-10,13H,7-8,11H2,1H3,(H2,16,17,19);1H. The van der Waals surface area contributed by atoms with Crippen LogP contribution in [0.2, 0.25) is 0 Å². The lowest BCUT2D eigenvalue weighted by molar-refractivity contribution is 0.790. The Kier molecular flexibility index (Phi) is 5.60. The number of aliphatic imine (C=N–C) groups is 1. The molecule has 1 fully saturated rings. The van der Waals surface area contributed by atoms with Crippen molar-refractivity contribution in [2.75, 3.05) is 7.05 Å². The summed E-state index contributed by atoms with van der Waals surface area (Å²) >= 11 is 0. The summed E-state index contributed by atoms with van der Waals surface area (Å²) in [5.74, 6) is 0.864. The fourth-order valence-corrected chi connectivity index (χ4v) is 2.09. The Morgan fingerprint density at radius 3 is 2.81 bits per heavy atom. The maximum atomic E-state index is 4.30. The normalized spacial score (nSPS) is 14.4. The molecule has 0 saturated heterocycles. The first-order chi connectivity index (χ1) is 9.86. The molecular weight excluding hydrogens is 377 g/mol. The topological polar surface area (TPSA) is 54.2 Å². The van der Waals surface area contributed by atoms with Gasteiger partial charge < -0.3 is 10.6 Å². The van der Waals surface area contributed by atoms with E-state index in [4.69, 9.17) is 0 Å². The van der Waals surface area contributed by atoms with E-state index in [1.54, 1.807) is 13.2 Å². The van der Waals surface area contributed by atoms with Gasteiger partial charge in [0, 0.05) is 32.0 Å². The third-order valence-corrected chi connectivity index (χ3v) is 3.33. The van der Waals surface area contributed by atoms with Crippen molar-refractivity contribution in [1.82, 2.24) is 20.4 Å². The van der Waals surface area contributed by atoms with Gasteiger partial charge in [-0.05, 0) is 30.5 Å². The number of rotatable bonds is 4. The van der Waals surface area contributed by atoms with Crippen LogP contribution >= 0.6 is 24.0 Å². The summed E-state index contributed by atoms with van der Waals surface area (Å²) in [5.41, 5.74) is 2.28. The fourth-order valence-electron chi connectivity index (χ4n) is 2.09. The largest absolute Gasteiger partial charge is 0.354 e. The Morgan fingerprint density at radius 2 is 2.14 bits per heavy atom. The molecule has 1 aromatic heterocycles. The van der Waals surface area contributed by atoms with Gasteiger partial charge in [0.25, 0.3) is 0 Å².